The Hall–Kier alpha value is -1.55. The van der Waals surface area contributed by atoms with E-state index >= 15 is 0 Å². The minimum Gasteiger partial charge on any atom is -0.395 e. The van der Waals surface area contributed by atoms with Gasteiger partial charge in [-0.1, -0.05) is 30.4 Å². The predicted molar refractivity (Wildman–Crippen MR) is 64.7 cm³/mol. The number of aromatic nitrogens is 2. The van der Waals surface area contributed by atoms with Crippen LogP contribution in [-0.4, -0.2) is 9.36 Å². The Kier molecular flexibility index (Phi) is 2.36. The van der Waals surface area contributed by atoms with Crippen molar-refractivity contribution in [3.05, 3.63) is 40.7 Å². The first-order valence-electron chi connectivity index (χ1n) is 4.72. The van der Waals surface area contributed by atoms with Crippen LogP contribution < -0.4 is 5.73 Å². The molecule has 1 aromatic carbocycles. The molecule has 0 saturated carbocycles. The summed E-state index contributed by atoms with van der Waals surface area (Å²) in [6, 6.07) is 9.96. The van der Waals surface area contributed by atoms with Gasteiger partial charge in [0.2, 0.25) is 0 Å². The molecule has 0 radical (unpaired) electrons. The summed E-state index contributed by atoms with van der Waals surface area (Å²) in [5.41, 5.74) is 8.59. The van der Waals surface area contributed by atoms with Crippen LogP contribution in [0.5, 0.6) is 0 Å². The topological polar surface area (TPSA) is 35.9 Å². The third-order valence-electron chi connectivity index (χ3n) is 2.60. The summed E-state index contributed by atoms with van der Waals surface area (Å²) in [4.78, 5) is 0. The maximum absolute atomic E-state index is 5.90. The van der Waals surface area contributed by atoms with E-state index in [9.17, 15) is 0 Å². The molecule has 4 heteroatoms. The van der Waals surface area contributed by atoms with Gasteiger partial charge in [0.25, 0.3) is 0 Å². The number of hydrogen-bond donors (Lipinski definition) is 1. The van der Waals surface area contributed by atoms with Crippen LogP contribution >= 0.6 is 12.2 Å². The first kappa shape index (κ1) is 9.98. The van der Waals surface area contributed by atoms with Gasteiger partial charge in [0.15, 0.2) is 4.64 Å². The Morgan fingerprint density at radius 1 is 1.20 bits per heavy atom. The van der Waals surface area contributed by atoms with Gasteiger partial charge >= 0.3 is 0 Å². The van der Waals surface area contributed by atoms with Crippen LogP contribution in [0.25, 0.3) is 5.69 Å². The lowest BCUT2D eigenvalue weighted by molar-refractivity contribution is 0.638. The van der Waals surface area contributed by atoms with Gasteiger partial charge in [-0.2, -0.15) is 0 Å². The molecule has 1 aromatic heterocycles. The van der Waals surface area contributed by atoms with Crippen molar-refractivity contribution < 1.29 is 0 Å². The number of nitrogens with two attached hydrogens (primary N) is 1. The van der Waals surface area contributed by atoms with E-state index in [4.69, 9.17) is 18.0 Å². The second-order valence-electron chi connectivity index (χ2n) is 3.48. The lowest BCUT2D eigenvalue weighted by Crippen LogP contribution is -2.07. The van der Waals surface area contributed by atoms with Crippen LogP contribution in [0, 0.1) is 11.6 Å². The predicted octanol–water partition coefficient (Wildman–Crippen LogP) is 2.44. The monoisotopic (exact) mass is 219 g/mol. The highest BCUT2D eigenvalue weighted by molar-refractivity contribution is 7.71. The number of para-hydroxylation sites is 1. The number of nitrogens with zero attached hydrogens (tertiary/aromatic N) is 2. The van der Waals surface area contributed by atoms with Gasteiger partial charge in [-0.25, -0.2) is 4.68 Å². The fourth-order valence-electron chi connectivity index (χ4n) is 1.59. The molecule has 0 atom stereocenters. The lowest BCUT2D eigenvalue weighted by atomic mass is 10.3. The number of rotatable bonds is 1. The van der Waals surface area contributed by atoms with Crippen molar-refractivity contribution in [3.8, 4) is 5.69 Å². The Labute approximate surface area is 93.7 Å². The van der Waals surface area contributed by atoms with E-state index in [1.165, 1.54) is 0 Å². The Bertz CT molecular complexity index is 537. The van der Waals surface area contributed by atoms with Crippen LogP contribution in [0.2, 0.25) is 0 Å². The summed E-state index contributed by atoms with van der Waals surface area (Å²) in [6.45, 7) is 1.96. The molecule has 78 valence electrons. The Morgan fingerprint density at radius 2 is 1.80 bits per heavy atom. The van der Waals surface area contributed by atoms with E-state index in [1.54, 1.807) is 0 Å². The summed E-state index contributed by atoms with van der Waals surface area (Å²) < 4.78 is 4.56. The Morgan fingerprint density at radius 3 is 2.27 bits per heavy atom. The van der Waals surface area contributed by atoms with Gasteiger partial charge in [-0.15, -0.1) is 0 Å². The van der Waals surface area contributed by atoms with E-state index in [-0.39, 0.29) is 0 Å². The molecule has 2 N–H and O–H groups in total. The first-order chi connectivity index (χ1) is 7.13. The number of hydrogen-bond acceptors (Lipinski definition) is 2. The van der Waals surface area contributed by atoms with Crippen molar-refractivity contribution in [2.45, 2.75) is 6.92 Å². The van der Waals surface area contributed by atoms with Gasteiger partial charge in [0, 0.05) is 7.05 Å². The standard InChI is InChI=1S/C11H13N3S/c1-8-10(12)11(15)14(13(8)2)9-6-4-3-5-7-9/h3-7H,12H2,1-2H3. The first-order valence-corrected chi connectivity index (χ1v) is 5.13. The molecule has 2 rings (SSSR count). The summed E-state index contributed by atoms with van der Waals surface area (Å²) >= 11 is 5.30. The molecule has 0 aliphatic rings. The van der Waals surface area contributed by atoms with Gasteiger partial charge < -0.3 is 5.73 Å². The molecule has 3 nitrogen and oxygen atoms in total. The minimum absolute atomic E-state index is 0.668. The van der Waals surface area contributed by atoms with E-state index in [2.05, 4.69) is 0 Å². The molecule has 0 aliphatic heterocycles. The summed E-state index contributed by atoms with van der Waals surface area (Å²) in [7, 11) is 1.95. The van der Waals surface area contributed by atoms with Crippen molar-refractivity contribution in [2.75, 3.05) is 5.73 Å². The van der Waals surface area contributed by atoms with Crippen molar-refractivity contribution in [3.63, 3.8) is 0 Å². The van der Waals surface area contributed by atoms with Crippen LogP contribution in [-0.2, 0) is 7.05 Å². The van der Waals surface area contributed by atoms with Crippen molar-refractivity contribution in [2.24, 2.45) is 7.05 Å². The molecular formula is C11H13N3S. The second-order valence-corrected chi connectivity index (χ2v) is 3.86. The van der Waals surface area contributed by atoms with Crippen LogP contribution in [0.3, 0.4) is 0 Å². The molecule has 2 aromatic rings. The quantitative estimate of drug-likeness (QED) is 0.748. The molecule has 1 heterocycles. The highest BCUT2D eigenvalue weighted by Gasteiger charge is 2.09. The summed E-state index contributed by atoms with van der Waals surface area (Å²) in [5, 5.41) is 0. The highest BCUT2D eigenvalue weighted by atomic mass is 32.1. The maximum atomic E-state index is 5.90. The molecular weight excluding hydrogens is 206 g/mol. The molecule has 0 saturated heterocycles. The smallest absolute Gasteiger partial charge is 0.151 e. The maximum Gasteiger partial charge on any atom is 0.151 e. The summed E-state index contributed by atoms with van der Waals surface area (Å²) in [6.07, 6.45) is 0. The van der Waals surface area contributed by atoms with Crippen molar-refractivity contribution in [1.82, 2.24) is 9.36 Å². The number of nitrogen functional groups attached to an aromatic ring is 1. The van der Waals surface area contributed by atoms with E-state index < -0.39 is 0 Å². The van der Waals surface area contributed by atoms with Crippen LogP contribution in [0.4, 0.5) is 5.69 Å². The average Bonchev–Trinajstić information content (AvgIpc) is 2.45. The van der Waals surface area contributed by atoms with Gasteiger partial charge in [0.1, 0.15) is 0 Å². The normalized spacial score (nSPS) is 10.5. The average molecular weight is 219 g/mol. The molecule has 0 spiro atoms. The highest BCUT2D eigenvalue weighted by Crippen LogP contribution is 2.18. The minimum atomic E-state index is 0.668. The largest absolute Gasteiger partial charge is 0.395 e. The zero-order valence-corrected chi connectivity index (χ0v) is 9.58. The molecule has 0 bridgehead atoms. The van der Waals surface area contributed by atoms with E-state index in [0.717, 1.165) is 11.4 Å². The SMILES string of the molecule is Cc1c(N)c(=S)n(-c2ccccc2)n1C. The molecule has 0 aliphatic carbocycles. The van der Waals surface area contributed by atoms with Crippen molar-refractivity contribution >= 4 is 17.9 Å². The van der Waals surface area contributed by atoms with Crippen molar-refractivity contribution in [1.29, 1.82) is 0 Å². The van der Waals surface area contributed by atoms with E-state index in [0.29, 0.717) is 10.3 Å². The zero-order valence-electron chi connectivity index (χ0n) is 8.77. The third kappa shape index (κ3) is 1.47. The molecule has 15 heavy (non-hydrogen) atoms. The van der Waals surface area contributed by atoms with Crippen LogP contribution in [0.15, 0.2) is 30.3 Å². The van der Waals surface area contributed by atoms with Gasteiger partial charge in [-0.05, 0) is 19.1 Å². The zero-order chi connectivity index (χ0) is 11.0. The summed E-state index contributed by atoms with van der Waals surface area (Å²) in [5.74, 6) is 0. The Balaban J connectivity index is 2.75. The number of anilines is 1. The fourth-order valence-corrected chi connectivity index (χ4v) is 1.96. The third-order valence-corrected chi connectivity index (χ3v) is 2.99. The number of benzene rings is 1. The van der Waals surface area contributed by atoms with Gasteiger partial charge in [-0.3, -0.25) is 4.68 Å². The second kappa shape index (κ2) is 3.55. The molecule has 0 fully saturated rings. The lowest BCUT2D eigenvalue weighted by Gasteiger charge is -2.08. The molecule has 0 unspecified atom stereocenters. The molecule has 0 amide bonds. The van der Waals surface area contributed by atoms with E-state index in [1.807, 2.05) is 53.7 Å². The van der Waals surface area contributed by atoms with Crippen LogP contribution in [0.1, 0.15) is 5.69 Å². The van der Waals surface area contributed by atoms with Gasteiger partial charge in [0.05, 0.1) is 17.1 Å². The fraction of sp³-hybridized carbons (Fsp3) is 0.182.